The molecule has 0 saturated carbocycles. The number of amides is 1. The van der Waals surface area contributed by atoms with E-state index in [1.807, 2.05) is 4.90 Å². The molecule has 122 valence electrons. The van der Waals surface area contributed by atoms with E-state index in [4.69, 9.17) is 4.74 Å². The molecular weight excluding hydrogens is 288 g/mol. The molecule has 2 N–H and O–H groups in total. The summed E-state index contributed by atoms with van der Waals surface area (Å²) in [5.41, 5.74) is -0.119. The number of aromatic nitrogens is 2. The molecule has 0 bridgehead atoms. The third-order valence-corrected chi connectivity index (χ3v) is 3.77. The molecule has 22 heavy (non-hydrogen) atoms. The van der Waals surface area contributed by atoms with Gasteiger partial charge in [-0.25, -0.2) is 5.10 Å². The lowest BCUT2D eigenvalue weighted by Gasteiger charge is -2.34. The summed E-state index contributed by atoms with van der Waals surface area (Å²) in [5.74, 6) is -0.303. The van der Waals surface area contributed by atoms with Crippen LogP contribution in [0.4, 0.5) is 0 Å². The van der Waals surface area contributed by atoms with Crippen molar-refractivity contribution in [1.29, 1.82) is 0 Å². The van der Waals surface area contributed by atoms with Crippen molar-refractivity contribution in [3.05, 3.63) is 22.1 Å². The molecule has 2 rings (SSSR count). The summed E-state index contributed by atoms with van der Waals surface area (Å²) in [5, 5.41) is 15.3. The zero-order valence-electron chi connectivity index (χ0n) is 12.7. The quantitative estimate of drug-likeness (QED) is 0.714. The third kappa shape index (κ3) is 4.54. The summed E-state index contributed by atoms with van der Waals surface area (Å²) in [6, 6.07) is 1.30. The van der Waals surface area contributed by atoms with Gasteiger partial charge in [-0.3, -0.25) is 14.5 Å². The molecule has 8 nitrogen and oxygen atoms in total. The van der Waals surface area contributed by atoms with Gasteiger partial charge in [0.1, 0.15) is 0 Å². The minimum absolute atomic E-state index is 0.0684. The zero-order chi connectivity index (χ0) is 15.9. The molecule has 1 aromatic heterocycles. The Bertz CT molecular complexity index is 552. The highest BCUT2D eigenvalue weighted by Crippen LogP contribution is 2.08. The maximum Gasteiger partial charge on any atom is 0.306 e. The summed E-state index contributed by atoms with van der Waals surface area (Å²) in [7, 11) is 1.68. The molecule has 0 atom stereocenters. The number of hydrogen-bond acceptors (Lipinski definition) is 6. The standard InChI is InChI=1S/C14H22N4O4/c1-22-9-8-17-4-6-18(7-5-17)13(20)3-2-11-10-12(19)14(21)16-15-11/h10H,2-9H2,1H3,(H,15,19)(H,16,21). The van der Waals surface area contributed by atoms with Gasteiger partial charge >= 0.3 is 5.56 Å². The molecule has 0 spiro atoms. The Morgan fingerprint density at radius 3 is 2.77 bits per heavy atom. The van der Waals surface area contributed by atoms with Crippen LogP contribution >= 0.6 is 0 Å². The number of rotatable bonds is 6. The maximum absolute atomic E-state index is 12.2. The lowest BCUT2D eigenvalue weighted by Crippen LogP contribution is -2.49. The first-order valence-corrected chi connectivity index (χ1v) is 7.37. The molecule has 1 amide bonds. The molecule has 0 radical (unpaired) electrons. The molecule has 2 heterocycles. The molecular formula is C14H22N4O4. The van der Waals surface area contributed by atoms with E-state index in [0.29, 0.717) is 38.2 Å². The van der Waals surface area contributed by atoms with Crippen molar-refractivity contribution in [2.45, 2.75) is 12.8 Å². The van der Waals surface area contributed by atoms with Crippen molar-refractivity contribution in [2.24, 2.45) is 0 Å². The maximum atomic E-state index is 12.2. The van der Waals surface area contributed by atoms with Crippen LogP contribution in [0, 0.1) is 0 Å². The minimum atomic E-state index is -0.623. The van der Waals surface area contributed by atoms with Crippen molar-refractivity contribution in [3.8, 4) is 5.75 Å². The van der Waals surface area contributed by atoms with E-state index >= 15 is 0 Å². The van der Waals surface area contributed by atoms with Gasteiger partial charge in [0, 0.05) is 58.7 Å². The number of carbonyl (C=O) groups is 1. The van der Waals surface area contributed by atoms with Gasteiger partial charge in [0.25, 0.3) is 0 Å². The Kier molecular flexibility index (Phi) is 5.91. The minimum Gasteiger partial charge on any atom is -0.503 e. The number of hydrogen-bond donors (Lipinski definition) is 2. The van der Waals surface area contributed by atoms with Gasteiger partial charge in [-0.15, -0.1) is 0 Å². The van der Waals surface area contributed by atoms with Gasteiger partial charge in [0.2, 0.25) is 5.91 Å². The first-order valence-electron chi connectivity index (χ1n) is 7.37. The van der Waals surface area contributed by atoms with Crippen LogP contribution in [0.15, 0.2) is 10.9 Å². The average Bonchev–Trinajstić information content (AvgIpc) is 2.54. The van der Waals surface area contributed by atoms with Gasteiger partial charge in [-0.2, -0.15) is 5.10 Å². The average molecular weight is 310 g/mol. The van der Waals surface area contributed by atoms with Crippen molar-refractivity contribution in [1.82, 2.24) is 20.0 Å². The van der Waals surface area contributed by atoms with E-state index in [-0.39, 0.29) is 11.7 Å². The van der Waals surface area contributed by atoms with E-state index < -0.39 is 5.56 Å². The fraction of sp³-hybridized carbons (Fsp3) is 0.643. The Morgan fingerprint density at radius 1 is 1.41 bits per heavy atom. The lowest BCUT2D eigenvalue weighted by atomic mass is 10.2. The first kappa shape index (κ1) is 16.4. The van der Waals surface area contributed by atoms with Crippen molar-refractivity contribution in [2.75, 3.05) is 46.4 Å². The zero-order valence-corrected chi connectivity index (χ0v) is 12.7. The smallest absolute Gasteiger partial charge is 0.306 e. The molecule has 0 aromatic carbocycles. The van der Waals surface area contributed by atoms with E-state index in [0.717, 1.165) is 19.6 Å². The summed E-state index contributed by atoms with van der Waals surface area (Å²) in [4.78, 5) is 27.3. The molecule has 1 fully saturated rings. The number of piperazine rings is 1. The summed E-state index contributed by atoms with van der Waals surface area (Å²) >= 11 is 0. The third-order valence-electron chi connectivity index (χ3n) is 3.77. The SMILES string of the molecule is COCCN1CCN(C(=O)CCc2cc(O)c(=O)[nH]n2)CC1. The molecule has 1 aromatic rings. The van der Waals surface area contributed by atoms with Gasteiger partial charge in [0.05, 0.1) is 12.3 Å². The second kappa shape index (κ2) is 7.90. The number of aromatic amines is 1. The van der Waals surface area contributed by atoms with Gasteiger partial charge in [0.15, 0.2) is 5.75 Å². The lowest BCUT2D eigenvalue weighted by molar-refractivity contribution is -0.133. The topological polar surface area (TPSA) is 98.8 Å². The van der Waals surface area contributed by atoms with Crippen LogP contribution in [0.1, 0.15) is 12.1 Å². The van der Waals surface area contributed by atoms with Gasteiger partial charge in [-0.05, 0) is 0 Å². The number of carbonyl (C=O) groups excluding carboxylic acids is 1. The normalized spacial score (nSPS) is 16.0. The van der Waals surface area contributed by atoms with Crippen molar-refractivity contribution < 1.29 is 14.6 Å². The summed E-state index contributed by atoms with van der Waals surface area (Å²) < 4.78 is 5.05. The number of nitrogens with zero attached hydrogens (tertiary/aromatic N) is 3. The summed E-state index contributed by atoms with van der Waals surface area (Å²) in [6.07, 6.45) is 0.712. The molecule has 1 saturated heterocycles. The van der Waals surface area contributed by atoms with E-state index in [9.17, 15) is 14.7 Å². The predicted molar refractivity (Wildman–Crippen MR) is 79.7 cm³/mol. The van der Waals surface area contributed by atoms with Gasteiger partial charge in [-0.1, -0.05) is 0 Å². The highest BCUT2D eigenvalue weighted by atomic mass is 16.5. The Balaban J connectivity index is 1.76. The number of nitrogens with one attached hydrogen (secondary N) is 1. The Labute approximate surface area is 128 Å². The number of aryl methyl sites for hydroxylation is 1. The van der Waals surface area contributed by atoms with Crippen LogP contribution in [-0.4, -0.2) is 77.5 Å². The Morgan fingerprint density at radius 2 is 2.14 bits per heavy atom. The highest BCUT2D eigenvalue weighted by Gasteiger charge is 2.20. The second-order valence-corrected chi connectivity index (χ2v) is 5.29. The largest absolute Gasteiger partial charge is 0.503 e. The van der Waals surface area contributed by atoms with Crippen LogP contribution < -0.4 is 5.56 Å². The molecule has 0 unspecified atom stereocenters. The fourth-order valence-electron chi connectivity index (χ4n) is 2.40. The predicted octanol–water partition coefficient (Wildman–Crippen LogP) is -0.801. The van der Waals surface area contributed by atoms with Crippen LogP contribution in [0.25, 0.3) is 0 Å². The van der Waals surface area contributed by atoms with E-state index in [1.54, 1.807) is 7.11 Å². The second-order valence-electron chi connectivity index (χ2n) is 5.29. The van der Waals surface area contributed by atoms with E-state index in [2.05, 4.69) is 15.1 Å². The molecule has 1 aliphatic rings. The van der Waals surface area contributed by atoms with Crippen LogP contribution in [0.5, 0.6) is 5.75 Å². The van der Waals surface area contributed by atoms with Gasteiger partial charge < -0.3 is 14.7 Å². The van der Waals surface area contributed by atoms with Crippen molar-refractivity contribution >= 4 is 5.91 Å². The Hall–Kier alpha value is -1.93. The fourth-order valence-corrected chi connectivity index (χ4v) is 2.40. The van der Waals surface area contributed by atoms with Crippen LogP contribution in [0.3, 0.4) is 0 Å². The highest BCUT2D eigenvalue weighted by molar-refractivity contribution is 5.76. The van der Waals surface area contributed by atoms with E-state index in [1.165, 1.54) is 6.07 Å². The summed E-state index contributed by atoms with van der Waals surface area (Å²) in [6.45, 7) is 4.73. The number of aromatic hydroxyl groups is 1. The van der Waals surface area contributed by atoms with Crippen LogP contribution in [0.2, 0.25) is 0 Å². The molecule has 1 aliphatic heterocycles. The number of methoxy groups -OCH3 is 1. The molecule has 8 heteroatoms. The first-order chi connectivity index (χ1) is 10.6. The monoisotopic (exact) mass is 310 g/mol. The number of ether oxygens (including phenoxy) is 1. The van der Waals surface area contributed by atoms with Crippen molar-refractivity contribution in [3.63, 3.8) is 0 Å². The van der Waals surface area contributed by atoms with Crippen LogP contribution in [-0.2, 0) is 16.0 Å². The molecule has 0 aliphatic carbocycles. The number of H-pyrrole nitrogens is 1.